The molecule has 0 aliphatic rings. The van der Waals surface area contributed by atoms with Gasteiger partial charge in [-0.25, -0.2) is 0 Å². The number of hydrogen-bond donors (Lipinski definition) is 0. The SMILES string of the molecule is COC(=O)CCN(C)S(=O)(=O)N(C)c1ccccc1C#N. The summed E-state index contributed by atoms with van der Waals surface area (Å²) in [4.78, 5) is 11.1. The molecule has 0 fully saturated rings. The normalized spacial score (nSPS) is 11.0. The number of para-hydroxylation sites is 1. The first-order valence-electron chi connectivity index (χ1n) is 6.10. The van der Waals surface area contributed by atoms with Crippen LogP contribution in [-0.2, 0) is 19.7 Å². The molecule has 0 saturated heterocycles. The van der Waals surface area contributed by atoms with E-state index in [4.69, 9.17) is 5.26 Å². The molecule has 7 nitrogen and oxygen atoms in total. The van der Waals surface area contributed by atoms with Crippen molar-refractivity contribution in [2.45, 2.75) is 6.42 Å². The first kappa shape index (κ1) is 16.9. The topological polar surface area (TPSA) is 90.7 Å². The minimum atomic E-state index is -3.82. The summed E-state index contributed by atoms with van der Waals surface area (Å²) in [5.41, 5.74) is 0.537. The van der Waals surface area contributed by atoms with Crippen LogP contribution in [0.25, 0.3) is 0 Å². The van der Waals surface area contributed by atoms with Gasteiger partial charge >= 0.3 is 16.2 Å². The van der Waals surface area contributed by atoms with Gasteiger partial charge in [0.1, 0.15) is 6.07 Å². The van der Waals surface area contributed by atoms with Gasteiger partial charge in [-0.15, -0.1) is 0 Å². The molecule has 0 aliphatic carbocycles. The number of anilines is 1. The molecule has 0 heterocycles. The molecule has 21 heavy (non-hydrogen) atoms. The van der Waals surface area contributed by atoms with Gasteiger partial charge in [-0.2, -0.15) is 18.0 Å². The Morgan fingerprint density at radius 3 is 2.52 bits per heavy atom. The monoisotopic (exact) mass is 311 g/mol. The number of rotatable bonds is 6. The number of benzene rings is 1. The fourth-order valence-electron chi connectivity index (χ4n) is 1.64. The van der Waals surface area contributed by atoms with Crippen LogP contribution in [0, 0.1) is 11.3 Å². The zero-order valence-corrected chi connectivity index (χ0v) is 12.9. The van der Waals surface area contributed by atoms with E-state index in [1.165, 1.54) is 27.3 Å². The Hall–Kier alpha value is -2.11. The van der Waals surface area contributed by atoms with Crippen LogP contribution in [0.1, 0.15) is 12.0 Å². The molecule has 0 atom stereocenters. The van der Waals surface area contributed by atoms with Crippen molar-refractivity contribution in [1.29, 1.82) is 5.26 Å². The number of ether oxygens (including phenoxy) is 1. The number of nitriles is 1. The number of carbonyl (C=O) groups excluding carboxylic acids is 1. The van der Waals surface area contributed by atoms with Crippen molar-refractivity contribution in [3.05, 3.63) is 29.8 Å². The van der Waals surface area contributed by atoms with Crippen LogP contribution in [0.15, 0.2) is 24.3 Å². The molecule has 0 aromatic heterocycles. The molecule has 0 aliphatic heterocycles. The van der Waals surface area contributed by atoms with E-state index in [2.05, 4.69) is 4.74 Å². The number of esters is 1. The third kappa shape index (κ3) is 3.93. The van der Waals surface area contributed by atoms with E-state index in [-0.39, 0.29) is 24.2 Å². The van der Waals surface area contributed by atoms with Crippen molar-refractivity contribution in [3.8, 4) is 6.07 Å². The molecule has 0 spiro atoms. The lowest BCUT2D eigenvalue weighted by Gasteiger charge is -2.26. The molecule has 1 rings (SSSR count). The summed E-state index contributed by atoms with van der Waals surface area (Å²) in [6.07, 6.45) is -0.0417. The Morgan fingerprint density at radius 2 is 1.95 bits per heavy atom. The standard InChI is InChI=1S/C13H17N3O4S/c1-15(9-8-13(17)20-3)21(18,19)16(2)12-7-5-4-6-11(12)10-14/h4-7H,8-9H2,1-3H3. The summed E-state index contributed by atoms with van der Waals surface area (Å²) in [6, 6.07) is 8.34. The number of carbonyl (C=O) groups is 1. The number of methoxy groups -OCH3 is 1. The zero-order valence-electron chi connectivity index (χ0n) is 12.1. The van der Waals surface area contributed by atoms with Crippen LogP contribution in [-0.4, -0.2) is 46.4 Å². The molecule has 0 amide bonds. The van der Waals surface area contributed by atoms with Gasteiger partial charge in [0.25, 0.3) is 0 Å². The van der Waals surface area contributed by atoms with Gasteiger partial charge in [0.05, 0.1) is 24.8 Å². The molecule has 0 unspecified atom stereocenters. The van der Waals surface area contributed by atoms with Gasteiger partial charge in [-0.05, 0) is 12.1 Å². The molecule has 0 radical (unpaired) electrons. The van der Waals surface area contributed by atoms with Crippen molar-refractivity contribution in [2.24, 2.45) is 0 Å². The smallest absolute Gasteiger partial charge is 0.306 e. The van der Waals surface area contributed by atoms with E-state index in [9.17, 15) is 13.2 Å². The molecule has 0 saturated carbocycles. The lowest BCUT2D eigenvalue weighted by Crippen LogP contribution is -2.41. The molecule has 0 N–H and O–H groups in total. The van der Waals surface area contributed by atoms with E-state index in [0.717, 1.165) is 8.61 Å². The van der Waals surface area contributed by atoms with E-state index in [1.54, 1.807) is 18.2 Å². The summed E-state index contributed by atoms with van der Waals surface area (Å²) in [5.74, 6) is -0.489. The summed E-state index contributed by atoms with van der Waals surface area (Å²) in [6.45, 7) is -0.00589. The fourth-order valence-corrected chi connectivity index (χ4v) is 2.79. The van der Waals surface area contributed by atoms with E-state index >= 15 is 0 Å². The molecule has 114 valence electrons. The maximum Gasteiger partial charge on any atom is 0.306 e. The zero-order chi connectivity index (χ0) is 16.0. The minimum absolute atomic E-state index is 0.00589. The summed E-state index contributed by atoms with van der Waals surface area (Å²) in [7, 11) is 0.148. The van der Waals surface area contributed by atoms with Crippen LogP contribution in [0.2, 0.25) is 0 Å². The van der Waals surface area contributed by atoms with Gasteiger partial charge in [0.2, 0.25) is 0 Å². The van der Waals surface area contributed by atoms with Crippen LogP contribution in [0.3, 0.4) is 0 Å². The van der Waals surface area contributed by atoms with Gasteiger partial charge < -0.3 is 4.74 Å². The van der Waals surface area contributed by atoms with Gasteiger partial charge in [0.15, 0.2) is 0 Å². The molecule has 1 aromatic rings. The maximum absolute atomic E-state index is 12.4. The quantitative estimate of drug-likeness (QED) is 0.722. The van der Waals surface area contributed by atoms with E-state index < -0.39 is 16.2 Å². The first-order valence-corrected chi connectivity index (χ1v) is 7.50. The summed E-state index contributed by atoms with van der Waals surface area (Å²) >= 11 is 0. The van der Waals surface area contributed by atoms with Crippen molar-refractivity contribution >= 4 is 21.9 Å². The van der Waals surface area contributed by atoms with Gasteiger partial charge in [-0.3, -0.25) is 9.10 Å². The van der Waals surface area contributed by atoms with Crippen LogP contribution in [0.4, 0.5) is 5.69 Å². The van der Waals surface area contributed by atoms with Crippen molar-refractivity contribution in [3.63, 3.8) is 0 Å². The predicted octanol–water partition coefficient (Wildman–Crippen LogP) is 0.734. The maximum atomic E-state index is 12.4. The summed E-state index contributed by atoms with van der Waals surface area (Å²) in [5, 5.41) is 9.03. The van der Waals surface area contributed by atoms with Crippen LogP contribution >= 0.6 is 0 Å². The minimum Gasteiger partial charge on any atom is -0.469 e. The Bertz CT molecular complexity index is 652. The average molecular weight is 311 g/mol. The average Bonchev–Trinajstić information content (AvgIpc) is 2.50. The second-order valence-corrected chi connectivity index (χ2v) is 6.32. The number of hydrogen-bond acceptors (Lipinski definition) is 5. The van der Waals surface area contributed by atoms with Crippen molar-refractivity contribution < 1.29 is 17.9 Å². The molecule has 8 heteroatoms. The second kappa shape index (κ2) is 7.06. The summed E-state index contributed by atoms with van der Waals surface area (Å²) < 4.78 is 31.3. The van der Waals surface area contributed by atoms with Crippen LogP contribution in [0.5, 0.6) is 0 Å². The second-order valence-electron chi connectivity index (χ2n) is 4.25. The van der Waals surface area contributed by atoms with Gasteiger partial charge in [0, 0.05) is 20.6 Å². The third-order valence-electron chi connectivity index (χ3n) is 2.96. The highest BCUT2D eigenvalue weighted by Gasteiger charge is 2.26. The Morgan fingerprint density at radius 1 is 1.33 bits per heavy atom. The molecular weight excluding hydrogens is 294 g/mol. The van der Waals surface area contributed by atoms with E-state index in [0.29, 0.717) is 0 Å². The van der Waals surface area contributed by atoms with E-state index in [1.807, 2.05) is 6.07 Å². The van der Waals surface area contributed by atoms with Crippen LogP contribution < -0.4 is 4.31 Å². The highest BCUT2D eigenvalue weighted by Crippen LogP contribution is 2.22. The van der Waals surface area contributed by atoms with Crippen molar-refractivity contribution in [2.75, 3.05) is 32.1 Å². The Labute approximate surface area is 124 Å². The molecular formula is C13H17N3O4S. The highest BCUT2D eigenvalue weighted by molar-refractivity contribution is 7.90. The highest BCUT2D eigenvalue weighted by atomic mass is 32.2. The first-order chi connectivity index (χ1) is 9.84. The lowest BCUT2D eigenvalue weighted by molar-refractivity contribution is -0.140. The number of nitrogens with zero attached hydrogens (tertiary/aromatic N) is 3. The Kier molecular flexibility index (Phi) is 5.69. The Balaban J connectivity index is 2.96. The molecule has 1 aromatic carbocycles. The molecule has 0 bridgehead atoms. The fraction of sp³-hybridized carbons (Fsp3) is 0.385. The van der Waals surface area contributed by atoms with Crippen molar-refractivity contribution in [1.82, 2.24) is 4.31 Å². The third-order valence-corrected chi connectivity index (χ3v) is 4.82. The predicted molar refractivity (Wildman–Crippen MR) is 77.7 cm³/mol. The lowest BCUT2D eigenvalue weighted by atomic mass is 10.2. The largest absolute Gasteiger partial charge is 0.469 e. The van der Waals surface area contributed by atoms with Gasteiger partial charge in [-0.1, -0.05) is 12.1 Å².